The Morgan fingerprint density at radius 2 is 2.10 bits per heavy atom. The molecule has 1 aliphatic heterocycles. The van der Waals surface area contributed by atoms with Gasteiger partial charge in [0.25, 0.3) is 0 Å². The minimum Gasteiger partial charge on any atom is -0.321 e. The molecule has 2 unspecified atom stereocenters. The third kappa shape index (κ3) is 3.41. The number of rotatable bonds is 4. The molecule has 4 heteroatoms. The van der Waals surface area contributed by atoms with Crippen LogP contribution < -0.4 is 5.32 Å². The van der Waals surface area contributed by atoms with Gasteiger partial charge in [0.15, 0.2) is 0 Å². The Bertz CT molecular complexity index is 448. The number of nitrogens with one attached hydrogen (secondary N) is 1. The molecule has 2 rings (SSSR count). The van der Waals surface area contributed by atoms with Crippen molar-refractivity contribution >= 4 is 17.2 Å². The zero-order chi connectivity index (χ0) is 14.9. The number of thiophene rings is 1. The van der Waals surface area contributed by atoms with E-state index < -0.39 is 0 Å². The Morgan fingerprint density at radius 3 is 2.60 bits per heavy atom. The van der Waals surface area contributed by atoms with Gasteiger partial charge in [-0.15, -0.1) is 11.3 Å². The van der Waals surface area contributed by atoms with Crippen LogP contribution in [-0.2, 0) is 4.79 Å². The van der Waals surface area contributed by atoms with E-state index in [1.807, 2.05) is 4.90 Å². The fraction of sp³-hybridized carbons (Fsp3) is 0.688. The number of nitrogens with zero attached hydrogens (tertiary/aromatic N) is 1. The van der Waals surface area contributed by atoms with Gasteiger partial charge in [-0.25, -0.2) is 0 Å². The van der Waals surface area contributed by atoms with Crippen LogP contribution in [-0.4, -0.2) is 23.4 Å². The van der Waals surface area contributed by atoms with Crippen LogP contribution in [0, 0.1) is 11.3 Å². The Labute approximate surface area is 126 Å². The van der Waals surface area contributed by atoms with E-state index in [0.717, 1.165) is 13.0 Å². The average Bonchev–Trinajstić information content (AvgIpc) is 2.92. The zero-order valence-corrected chi connectivity index (χ0v) is 14.0. The molecule has 3 nitrogen and oxygen atoms in total. The maximum atomic E-state index is 12.6. The molecular formula is C16H26N2OS. The van der Waals surface area contributed by atoms with Crippen LogP contribution >= 0.6 is 11.3 Å². The second kappa shape index (κ2) is 5.86. The van der Waals surface area contributed by atoms with Gasteiger partial charge >= 0.3 is 0 Å². The normalized spacial score (nSPS) is 23.9. The summed E-state index contributed by atoms with van der Waals surface area (Å²) in [7, 11) is 0. The maximum Gasteiger partial charge on any atom is 0.241 e. The summed E-state index contributed by atoms with van der Waals surface area (Å²) >= 11 is 1.72. The van der Waals surface area contributed by atoms with E-state index in [1.54, 1.807) is 11.3 Å². The number of hydrogen-bond acceptors (Lipinski definition) is 3. The molecule has 112 valence electrons. The number of carbonyl (C=O) groups excluding carboxylic acids is 1. The lowest BCUT2D eigenvalue weighted by Gasteiger charge is -2.27. The molecule has 1 saturated heterocycles. The molecule has 1 N–H and O–H groups in total. The zero-order valence-electron chi connectivity index (χ0n) is 13.1. The summed E-state index contributed by atoms with van der Waals surface area (Å²) in [6, 6.07) is 4.11. The van der Waals surface area contributed by atoms with Crippen molar-refractivity contribution in [3.8, 4) is 0 Å². The predicted molar refractivity (Wildman–Crippen MR) is 84.6 cm³/mol. The lowest BCUT2D eigenvalue weighted by Crippen LogP contribution is -2.35. The first kappa shape index (κ1) is 15.5. The SMILES string of the molecule is CC(C)C1NC(c2cccs2)N(CCC(C)(C)C)C1=O. The number of hydrogen-bond donors (Lipinski definition) is 1. The molecule has 20 heavy (non-hydrogen) atoms. The standard InChI is InChI=1S/C16H26N2OS/c1-11(2)13-15(19)18(9-8-16(3,4)5)14(17-13)12-7-6-10-20-12/h6-7,10-11,13-14,17H,8-9H2,1-5H3. The van der Waals surface area contributed by atoms with Gasteiger partial charge in [0, 0.05) is 11.4 Å². The van der Waals surface area contributed by atoms with Crippen LogP contribution in [0.5, 0.6) is 0 Å². The summed E-state index contributed by atoms with van der Waals surface area (Å²) in [5.74, 6) is 0.576. The van der Waals surface area contributed by atoms with Crippen LogP contribution in [0.2, 0.25) is 0 Å². The van der Waals surface area contributed by atoms with E-state index in [2.05, 4.69) is 57.4 Å². The van der Waals surface area contributed by atoms with Crippen molar-refractivity contribution in [3.63, 3.8) is 0 Å². The minimum absolute atomic E-state index is 0.0530. The van der Waals surface area contributed by atoms with Gasteiger partial charge in [0.1, 0.15) is 6.17 Å². The molecule has 0 spiro atoms. The van der Waals surface area contributed by atoms with Crippen molar-refractivity contribution in [2.24, 2.45) is 11.3 Å². The summed E-state index contributed by atoms with van der Waals surface area (Å²) in [4.78, 5) is 15.9. The van der Waals surface area contributed by atoms with Gasteiger partial charge < -0.3 is 4.90 Å². The molecule has 1 aromatic heterocycles. The van der Waals surface area contributed by atoms with Crippen LogP contribution in [0.4, 0.5) is 0 Å². The monoisotopic (exact) mass is 294 g/mol. The minimum atomic E-state index is -0.0536. The highest BCUT2D eigenvalue weighted by Crippen LogP contribution is 2.32. The van der Waals surface area contributed by atoms with Crippen molar-refractivity contribution in [2.45, 2.75) is 53.2 Å². The first-order chi connectivity index (χ1) is 9.29. The maximum absolute atomic E-state index is 12.6. The third-order valence-corrected chi connectivity index (χ3v) is 4.71. The highest BCUT2D eigenvalue weighted by atomic mass is 32.1. The van der Waals surface area contributed by atoms with Gasteiger partial charge in [-0.3, -0.25) is 10.1 Å². The molecule has 0 aliphatic carbocycles. The largest absolute Gasteiger partial charge is 0.321 e. The quantitative estimate of drug-likeness (QED) is 0.919. The van der Waals surface area contributed by atoms with Gasteiger partial charge in [-0.2, -0.15) is 0 Å². The second-order valence-corrected chi connectivity index (χ2v) is 8.13. The lowest BCUT2D eigenvalue weighted by molar-refractivity contribution is -0.131. The van der Waals surface area contributed by atoms with E-state index >= 15 is 0 Å². The van der Waals surface area contributed by atoms with Crippen molar-refractivity contribution in [1.29, 1.82) is 0 Å². The van der Waals surface area contributed by atoms with E-state index in [0.29, 0.717) is 5.92 Å². The Hall–Kier alpha value is -0.870. The Kier molecular flexibility index (Phi) is 4.55. The molecule has 2 heterocycles. The molecule has 0 aromatic carbocycles. The average molecular weight is 294 g/mol. The van der Waals surface area contributed by atoms with E-state index in [-0.39, 0.29) is 23.5 Å². The molecule has 1 aromatic rings. The van der Waals surface area contributed by atoms with Gasteiger partial charge in [-0.05, 0) is 29.2 Å². The highest BCUT2D eigenvalue weighted by Gasteiger charge is 2.41. The molecule has 2 atom stereocenters. The third-order valence-electron chi connectivity index (χ3n) is 3.78. The van der Waals surface area contributed by atoms with E-state index in [4.69, 9.17) is 0 Å². The highest BCUT2D eigenvalue weighted by molar-refractivity contribution is 7.10. The molecule has 0 bridgehead atoms. The smallest absolute Gasteiger partial charge is 0.241 e. The van der Waals surface area contributed by atoms with Crippen LogP contribution in [0.25, 0.3) is 0 Å². The molecule has 1 fully saturated rings. The Balaban J connectivity index is 2.17. The van der Waals surface area contributed by atoms with Crippen LogP contribution in [0.1, 0.15) is 52.1 Å². The van der Waals surface area contributed by atoms with E-state index in [1.165, 1.54) is 4.88 Å². The first-order valence-electron chi connectivity index (χ1n) is 7.39. The fourth-order valence-corrected chi connectivity index (χ4v) is 3.29. The summed E-state index contributed by atoms with van der Waals surface area (Å²) in [5, 5.41) is 5.59. The number of amides is 1. The molecule has 1 aliphatic rings. The summed E-state index contributed by atoms with van der Waals surface area (Å²) in [5.41, 5.74) is 0.246. The number of carbonyl (C=O) groups is 1. The van der Waals surface area contributed by atoms with Crippen LogP contribution in [0.3, 0.4) is 0 Å². The molecule has 0 saturated carbocycles. The van der Waals surface area contributed by atoms with Crippen molar-refractivity contribution in [2.75, 3.05) is 6.54 Å². The second-order valence-electron chi connectivity index (χ2n) is 7.15. The van der Waals surface area contributed by atoms with Crippen molar-refractivity contribution in [1.82, 2.24) is 10.2 Å². The summed E-state index contributed by atoms with van der Waals surface area (Å²) in [6.07, 6.45) is 1.07. The summed E-state index contributed by atoms with van der Waals surface area (Å²) in [6.45, 7) is 11.7. The van der Waals surface area contributed by atoms with Crippen molar-refractivity contribution < 1.29 is 4.79 Å². The fourth-order valence-electron chi connectivity index (χ4n) is 2.49. The molecule has 1 amide bonds. The van der Waals surface area contributed by atoms with Gasteiger partial charge in [-0.1, -0.05) is 40.7 Å². The van der Waals surface area contributed by atoms with Gasteiger partial charge in [0.2, 0.25) is 5.91 Å². The molecular weight excluding hydrogens is 268 g/mol. The van der Waals surface area contributed by atoms with E-state index in [9.17, 15) is 4.79 Å². The topological polar surface area (TPSA) is 32.3 Å². The Morgan fingerprint density at radius 1 is 1.40 bits per heavy atom. The summed E-state index contributed by atoms with van der Waals surface area (Å²) < 4.78 is 0. The van der Waals surface area contributed by atoms with Crippen molar-refractivity contribution in [3.05, 3.63) is 22.4 Å². The van der Waals surface area contributed by atoms with Crippen LogP contribution in [0.15, 0.2) is 17.5 Å². The van der Waals surface area contributed by atoms with Gasteiger partial charge in [0.05, 0.1) is 6.04 Å². The molecule has 0 radical (unpaired) electrons. The predicted octanol–water partition coefficient (Wildman–Crippen LogP) is 3.64. The first-order valence-corrected chi connectivity index (χ1v) is 8.27. The lowest BCUT2D eigenvalue weighted by atomic mass is 9.92.